The smallest absolute Gasteiger partial charge is 0.0632 e. The van der Waals surface area contributed by atoms with Gasteiger partial charge >= 0.3 is 0 Å². The molecule has 0 aromatic heterocycles. The second kappa shape index (κ2) is 4.70. The highest BCUT2D eigenvalue weighted by Crippen LogP contribution is 1.95. The van der Waals surface area contributed by atoms with E-state index >= 15 is 0 Å². The minimum absolute atomic E-state index is 0.521. The first kappa shape index (κ1) is 8.97. The summed E-state index contributed by atoms with van der Waals surface area (Å²) in [6, 6.07) is 0.521. The van der Waals surface area contributed by atoms with Crippen molar-refractivity contribution >= 4 is 0 Å². The van der Waals surface area contributed by atoms with Crippen molar-refractivity contribution in [2.45, 2.75) is 12.5 Å². The van der Waals surface area contributed by atoms with Gasteiger partial charge in [-0.05, 0) is 27.1 Å². The summed E-state index contributed by atoms with van der Waals surface area (Å²) in [7, 11) is 4.18. The standard InChI is InChI=1S/C8H18N2O/c1-10(2)6-8-7-11-5-3-4-9-8/h8-9H,3-7H2,1-2H3. The third-order valence-corrected chi connectivity index (χ3v) is 1.80. The first-order valence-electron chi connectivity index (χ1n) is 4.25. The van der Waals surface area contributed by atoms with Gasteiger partial charge in [-0.15, -0.1) is 0 Å². The molecule has 1 atom stereocenters. The molecule has 1 aliphatic heterocycles. The molecule has 0 saturated carbocycles. The highest BCUT2D eigenvalue weighted by atomic mass is 16.5. The van der Waals surface area contributed by atoms with Crippen LogP contribution in [0, 0.1) is 0 Å². The average Bonchev–Trinajstić information content (AvgIpc) is 2.14. The zero-order valence-corrected chi connectivity index (χ0v) is 7.47. The van der Waals surface area contributed by atoms with Crippen LogP contribution in [0.3, 0.4) is 0 Å². The van der Waals surface area contributed by atoms with E-state index in [1.807, 2.05) is 0 Å². The molecule has 0 aliphatic carbocycles. The third kappa shape index (κ3) is 3.70. The molecule has 0 aromatic carbocycles. The van der Waals surface area contributed by atoms with Gasteiger partial charge < -0.3 is 15.0 Å². The molecular formula is C8H18N2O. The molecule has 11 heavy (non-hydrogen) atoms. The van der Waals surface area contributed by atoms with Gasteiger partial charge in [-0.25, -0.2) is 0 Å². The summed E-state index contributed by atoms with van der Waals surface area (Å²) in [5, 5.41) is 3.45. The quantitative estimate of drug-likeness (QED) is 0.608. The van der Waals surface area contributed by atoms with Crippen molar-refractivity contribution in [3.63, 3.8) is 0 Å². The van der Waals surface area contributed by atoms with E-state index in [1.165, 1.54) is 0 Å². The Kier molecular flexibility index (Phi) is 3.83. The summed E-state index contributed by atoms with van der Waals surface area (Å²) in [6.45, 7) is 3.94. The summed E-state index contributed by atoms with van der Waals surface area (Å²) in [5.41, 5.74) is 0. The van der Waals surface area contributed by atoms with Gasteiger partial charge in [0.25, 0.3) is 0 Å². The fourth-order valence-corrected chi connectivity index (χ4v) is 1.32. The van der Waals surface area contributed by atoms with Crippen LogP contribution in [0.2, 0.25) is 0 Å². The Morgan fingerprint density at radius 3 is 3.09 bits per heavy atom. The molecule has 0 radical (unpaired) electrons. The Bertz CT molecular complexity index is 98.3. The third-order valence-electron chi connectivity index (χ3n) is 1.80. The maximum Gasteiger partial charge on any atom is 0.0632 e. The monoisotopic (exact) mass is 158 g/mol. The molecule has 1 saturated heterocycles. The number of hydrogen-bond donors (Lipinski definition) is 1. The Balaban J connectivity index is 2.20. The lowest BCUT2D eigenvalue weighted by atomic mass is 10.3. The molecule has 1 heterocycles. The summed E-state index contributed by atoms with van der Waals surface area (Å²) in [4.78, 5) is 2.19. The fourth-order valence-electron chi connectivity index (χ4n) is 1.32. The number of ether oxygens (including phenoxy) is 1. The lowest BCUT2D eigenvalue weighted by Crippen LogP contribution is -2.40. The van der Waals surface area contributed by atoms with Crippen molar-refractivity contribution in [3.8, 4) is 0 Å². The van der Waals surface area contributed by atoms with E-state index < -0.39 is 0 Å². The van der Waals surface area contributed by atoms with E-state index in [9.17, 15) is 0 Å². The molecule has 1 N–H and O–H groups in total. The van der Waals surface area contributed by atoms with Crippen LogP contribution >= 0.6 is 0 Å². The van der Waals surface area contributed by atoms with E-state index in [0.717, 1.165) is 32.7 Å². The maximum absolute atomic E-state index is 5.42. The summed E-state index contributed by atoms with van der Waals surface area (Å²) in [6.07, 6.45) is 1.14. The number of rotatable bonds is 2. The van der Waals surface area contributed by atoms with Crippen LogP contribution in [0.5, 0.6) is 0 Å². The van der Waals surface area contributed by atoms with Gasteiger partial charge in [0.1, 0.15) is 0 Å². The summed E-state index contributed by atoms with van der Waals surface area (Å²) >= 11 is 0. The normalized spacial score (nSPS) is 27.0. The maximum atomic E-state index is 5.42. The van der Waals surface area contributed by atoms with Crippen molar-refractivity contribution in [3.05, 3.63) is 0 Å². The Hall–Kier alpha value is -0.120. The lowest BCUT2D eigenvalue weighted by molar-refractivity contribution is 0.123. The molecule has 1 aliphatic rings. The number of nitrogens with one attached hydrogen (secondary N) is 1. The first-order valence-corrected chi connectivity index (χ1v) is 4.25. The molecule has 0 amide bonds. The molecule has 1 rings (SSSR count). The molecule has 3 nitrogen and oxygen atoms in total. The van der Waals surface area contributed by atoms with Gasteiger partial charge in [0.2, 0.25) is 0 Å². The van der Waals surface area contributed by atoms with Crippen molar-refractivity contribution in [1.82, 2.24) is 10.2 Å². The molecule has 1 fully saturated rings. The second-order valence-electron chi connectivity index (χ2n) is 3.34. The predicted octanol–water partition coefficient (Wildman–Crippen LogP) is -0.0735. The van der Waals surface area contributed by atoms with Crippen molar-refractivity contribution < 1.29 is 4.74 Å². The van der Waals surface area contributed by atoms with Crippen molar-refractivity contribution in [1.29, 1.82) is 0 Å². The summed E-state index contributed by atoms with van der Waals surface area (Å²) in [5.74, 6) is 0. The van der Waals surface area contributed by atoms with Crippen LogP contribution in [-0.4, -0.2) is 51.3 Å². The highest BCUT2D eigenvalue weighted by molar-refractivity contribution is 4.70. The summed E-state index contributed by atoms with van der Waals surface area (Å²) < 4.78 is 5.42. The fraction of sp³-hybridized carbons (Fsp3) is 1.00. The van der Waals surface area contributed by atoms with Gasteiger partial charge in [0.05, 0.1) is 6.61 Å². The van der Waals surface area contributed by atoms with E-state index in [4.69, 9.17) is 4.74 Å². The topological polar surface area (TPSA) is 24.5 Å². The van der Waals surface area contributed by atoms with E-state index in [0.29, 0.717) is 6.04 Å². The second-order valence-corrected chi connectivity index (χ2v) is 3.34. The lowest BCUT2D eigenvalue weighted by Gasteiger charge is -2.19. The van der Waals surface area contributed by atoms with E-state index in [2.05, 4.69) is 24.3 Å². The molecule has 0 spiro atoms. The average molecular weight is 158 g/mol. The van der Waals surface area contributed by atoms with E-state index in [-0.39, 0.29) is 0 Å². The predicted molar refractivity (Wildman–Crippen MR) is 45.8 cm³/mol. The van der Waals surface area contributed by atoms with Crippen LogP contribution in [0.25, 0.3) is 0 Å². The van der Waals surface area contributed by atoms with Crippen LogP contribution in [0.15, 0.2) is 0 Å². The Morgan fingerprint density at radius 1 is 1.55 bits per heavy atom. The number of hydrogen-bond acceptors (Lipinski definition) is 3. The minimum atomic E-state index is 0.521. The first-order chi connectivity index (χ1) is 5.29. The van der Waals surface area contributed by atoms with Crippen molar-refractivity contribution in [2.75, 3.05) is 40.4 Å². The zero-order valence-electron chi connectivity index (χ0n) is 7.47. The van der Waals surface area contributed by atoms with Gasteiger partial charge in [-0.1, -0.05) is 0 Å². The van der Waals surface area contributed by atoms with E-state index in [1.54, 1.807) is 0 Å². The molecule has 0 bridgehead atoms. The Labute approximate surface area is 68.7 Å². The van der Waals surface area contributed by atoms with Crippen LogP contribution < -0.4 is 5.32 Å². The largest absolute Gasteiger partial charge is 0.380 e. The molecular weight excluding hydrogens is 140 g/mol. The molecule has 3 heteroatoms. The van der Waals surface area contributed by atoms with Crippen LogP contribution in [0.1, 0.15) is 6.42 Å². The highest BCUT2D eigenvalue weighted by Gasteiger charge is 2.11. The number of nitrogens with zero attached hydrogens (tertiary/aromatic N) is 1. The zero-order chi connectivity index (χ0) is 8.10. The minimum Gasteiger partial charge on any atom is -0.380 e. The Morgan fingerprint density at radius 2 is 2.36 bits per heavy atom. The van der Waals surface area contributed by atoms with Crippen molar-refractivity contribution in [2.24, 2.45) is 0 Å². The van der Waals surface area contributed by atoms with Crippen LogP contribution in [-0.2, 0) is 4.74 Å². The van der Waals surface area contributed by atoms with Gasteiger partial charge in [0.15, 0.2) is 0 Å². The molecule has 1 unspecified atom stereocenters. The van der Waals surface area contributed by atoms with Gasteiger partial charge in [-0.3, -0.25) is 0 Å². The molecule has 66 valence electrons. The SMILES string of the molecule is CN(C)CC1COCCCN1. The number of likely N-dealkylation sites (N-methyl/N-ethyl adjacent to an activating group) is 1. The van der Waals surface area contributed by atoms with Gasteiger partial charge in [-0.2, -0.15) is 0 Å². The molecule has 0 aromatic rings. The van der Waals surface area contributed by atoms with Gasteiger partial charge in [0, 0.05) is 19.2 Å². The van der Waals surface area contributed by atoms with Crippen LogP contribution in [0.4, 0.5) is 0 Å².